The van der Waals surface area contributed by atoms with E-state index >= 15 is 0 Å². The summed E-state index contributed by atoms with van der Waals surface area (Å²) in [5.74, 6) is 2.89. The van der Waals surface area contributed by atoms with Gasteiger partial charge in [0.15, 0.2) is 0 Å². The van der Waals surface area contributed by atoms with Crippen LogP contribution in [0.25, 0.3) is 0 Å². The number of benzene rings is 4. The zero-order valence-corrected chi connectivity index (χ0v) is 30.8. The van der Waals surface area contributed by atoms with Crippen molar-refractivity contribution in [2.24, 2.45) is 0 Å². The van der Waals surface area contributed by atoms with E-state index in [-0.39, 0.29) is 0 Å². The molecule has 0 aliphatic heterocycles. The van der Waals surface area contributed by atoms with Gasteiger partial charge < -0.3 is 0 Å². The molecule has 4 aromatic carbocycles. The van der Waals surface area contributed by atoms with Gasteiger partial charge in [-0.1, -0.05) is 110 Å². The molecule has 0 saturated carbocycles. The van der Waals surface area contributed by atoms with Crippen molar-refractivity contribution in [2.75, 3.05) is 12.3 Å². The summed E-state index contributed by atoms with van der Waals surface area (Å²) < 4.78 is 0. The summed E-state index contributed by atoms with van der Waals surface area (Å²) in [4.78, 5) is 0. The topological polar surface area (TPSA) is 0 Å². The summed E-state index contributed by atoms with van der Waals surface area (Å²) in [6, 6.07) is 45.0. The molecule has 0 nitrogen and oxygen atoms in total. The molecule has 0 spiro atoms. The molecule has 2 heteroatoms. The SMILES string of the molecule is C#C/C=C(\C=C/C)[P+](CCCCCCCCC[P+](c1ccccc1)(c1ccccc1)c1ccccc1)(C1=CC=C=CC=C1)c1ccccc1. The number of rotatable bonds is 17. The highest BCUT2D eigenvalue weighted by Gasteiger charge is 2.47. The molecule has 0 saturated heterocycles. The largest absolute Gasteiger partial charge is 0.121 e. The lowest BCUT2D eigenvalue weighted by atomic mass is 10.1. The molecule has 0 bridgehead atoms. The van der Waals surface area contributed by atoms with E-state index in [2.05, 4.69) is 176 Å². The van der Waals surface area contributed by atoms with E-state index in [1.54, 1.807) is 0 Å². The van der Waals surface area contributed by atoms with Crippen molar-refractivity contribution in [3.8, 4) is 12.3 Å². The van der Waals surface area contributed by atoms with Crippen LogP contribution in [0.3, 0.4) is 0 Å². The Hall–Kier alpha value is -4.22. The van der Waals surface area contributed by atoms with Gasteiger partial charge in [0, 0.05) is 6.08 Å². The smallest absolute Gasteiger partial charge is 0.112 e. The number of hydrogen-bond donors (Lipinski definition) is 0. The minimum Gasteiger partial charge on any atom is -0.121 e. The normalized spacial score (nSPS) is 14.3. The third-order valence-electron chi connectivity index (χ3n) is 9.53. The van der Waals surface area contributed by atoms with Crippen molar-refractivity contribution in [3.63, 3.8) is 0 Å². The third kappa shape index (κ3) is 8.88. The zero-order chi connectivity index (χ0) is 34.0. The standard InChI is InChI=1S/C47H50P2/c1-3-28-42(29-4-2)48(44-32-18-12-19-33-44,43-30-16-8-9-17-31-43)40-26-10-6-5-7-11-27-41-49(45-34-20-13-21-35-45,46-36-22-14-23-37-46)47-38-24-15-25-39-47/h1,4,8,12-25,28-39H,5-7,10-11,26-27,40-41H2,2H3/q+2/b29-4-,42-28+. The van der Waals surface area contributed by atoms with Crippen LogP contribution >= 0.6 is 14.5 Å². The summed E-state index contributed by atoms with van der Waals surface area (Å²) in [7, 11) is -3.70. The van der Waals surface area contributed by atoms with Crippen LogP contribution in [0.1, 0.15) is 51.9 Å². The molecule has 0 N–H and O–H groups in total. The lowest BCUT2D eigenvalue weighted by Crippen LogP contribution is -2.33. The molecule has 0 heterocycles. The second-order valence-corrected chi connectivity index (χ2v) is 19.8. The fraction of sp³-hybridized carbons (Fsp3) is 0.213. The van der Waals surface area contributed by atoms with Gasteiger partial charge in [0.25, 0.3) is 0 Å². The highest BCUT2D eigenvalue weighted by atomic mass is 31.2. The number of allylic oxidation sites excluding steroid dienone is 9. The van der Waals surface area contributed by atoms with Crippen molar-refractivity contribution < 1.29 is 0 Å². The molecule has 49 heavy (non-hydrogen) atoms. The minimum atomic E-state index is -1.95. The Balaban J connectivity index is 1.25. The second kappa shape index (κ2) is 19.1. The lowest BCUT2D eigenvalue weighted by Gasteiger charge is -2.29. The molecule has 0 amide bonds. The highest BCUT2D eigenvalue weighted by molar-refractivity contribution is 7.95. The predicted molar refractivity (Wildman–Crippen MR) is 222 cm³/mol. The Morgan fingerprint density at radius 2 is 1.08 bits per heavy atom. The van der Waals surface area contributed by atoms with Crippen molar-refractivity contribution in [2.45, 2.75) is 51.9 Å². The number of terminal acetylenes is 1. The molecule has 4 aromatic rings. The van der Waals surface area contributed by atoms with E-state index in [1.807, 2.05) is 12.2 Å². The maximum absolute atomic E-state index is 5.95. The fourth-order valence-corrected chi connectivity index (χ4v) is 16.1. The molecule has 0 aromatic heterocycles. The first-order valence-corrected chi connectivity index (χ1v) is 21.8. The van der Waals surface area contributed by atoms with Crippen molar-refractivity contribution in [1.29, 1.82) is 0 Å². The fourth-order valence-electron chi connectivity index (χ4n) is 7.22. The van der Waals surface area contributed by atoms with E-state index in [0.717, 1.165) is 6.16 Å². The summed E-state index contributed by atoms with van der Waals surface area (Å²) >= 11 is 0. The Bertz CT molecular complexity index is 1720. The second-order valence-electron chi connectivity index (χ2n) is 12.6. The van der Waals surface area contributed by atoms with E-state index in [0.29, 0.717) is 0 Å². The Kier molecular flexibility index (Phi) is 14.1. The van der Waals surface area contributed by atoms with Gasteiger partial charge in [0.1, 0.15) is 46.4 Å². The van der Waals surface area contributed by atoms with Crippen LogP contribution in [0, 0.1) is 12.3 Å². The molecule has 0 fully saturated rings. The Labute approximate surface area is 297 Å². The van der Waals surface area contributed by atoms with Crippen LogP contribution < -0.4 is 21.2 Å². The molecular formula is C47H50P2+2. The van der Waals surface area contributed by atoms with E-state index in [9.17, 15) is 0 Å². The third-order valence-corrected chi connectivity index (χ3v) is 18.6. The average Bonchev–Trinajstić information content (AvgIpc) is 3.46. The van der Waals surface area contributed by atoms with Crippen LogP contribution in [0.15, 0.2) is 186 Å². The summed E-state index contributed by atoms with van der Waals surface area (Å²) in [6.45, 7) is 2.09. The number of hydrogen-bond acceptors (Lipinski definition) is 0. The zero-order valence-electron chi connectivity index (χ0n) is 29.0. The van der Waals surface area contributed by atoms with Gasteiger partial charge >= 0.3 is 0 Å². The summed E-state index contributed by atoms with van der Waals surface area (Å²) in [5.41, 5.74) is 3.27. The van der Waals surface area contributed by atoms with E-state index in [1.165, 1.54) is 83.0 Å². The van der Waals surface area contributed by atoms with Crippen LogP contribution in [0.5, 0.6) is 0 Å². The molecule has 5 rings (SSSR count). The highest BCUT2D eigenvalue weighted by Crippen LogP contribution is 2.72. The molecule has 0 radical (unpaired) electrons. The van der Waals surface area contributed by atoms with Gasteiger partial charge in [-0.15, -0.1) is 12.2 Å². The molecule has 246 valence electrons. The molecule has 1 aliphatic rings. The molecule has 1 atom stereocenters. The van der Waals surface area contributed by atoms with Crippen LogP contribution in [0.4, 0.5) is 0 Å². The maximum atomic E-state index is 5.95. The van der Waals surface area contributed by atoms with Crippen LogP contribution in [-0.4, -0.2) is 12.3 Å². The summed E-state index contributed by atoms with van der Waals surface area (Å²) in [6.07, 6.45) is 34.1. The predicted octanol–water partition coefficient (Wildman–Crippen LogP) is 11.3. The van der Waals surface area contributed by atoms with E-state index in [4.69, 9.17) is 6.42 Å². The van der Waals surface area contributed by atoms with Crippen molar-refractivity contribution >= 4 is 35.7 Å². The van der Waals surface area contributed by atoms with Gasteiger partial charge in [-0.3, -0.25) is 0 Å². The van der Waals surface area contributed by atoms with E-state index < -0.39 is 14.5 Å². The van der Waals surface area contributed by atoms with Crippen molar-refractivity contribution in [3.05, 3.63) is 186 Å². The van der Waals surface area contributed by atoms with Crippen molar-refractivity contribution in [1.82, 2.24) is 0 Å². The van der Waals surface area contributed by atoms with Gasteiger partial charge in [-0.2, -0.15) is 0 Å². The molecule has 1 unspecified atom stereocenters. The molecule has 1 aliphatic carbocycles. The minimum absolute atomic E-state index is 1.11. The first kappa shape index (κ1) is 36.1. The van der Waals surface area contributed by atoms with Crippen LogP contribution in [0.2, 0.25) is 0 Å². The first-order chi connectivity index (χ1) is 24.3. The van der Waals surface area contributed by atoms with Crippen LogP contribution in [-0.2, 0) is 0 Å². The van der Waals surface area contributed by atoms with Gasteiger partial charge in [0.05, 0.1) is 12.3 Å². The molecular weight excluding hydrogens is 626 g/mol. The Morgan fingerprint density at radius 3 is 1.57 bits per heavy atom. The van der Waals surface area contributed by atoms with Gasteiger partial charge in [-0.05, 0) is 112 Å². The lowest BCUT2D eigenvalue weighted by molar-refractivity contribution is 0.604. The first-order valence-electron chi connectivity index (χ1n) is 17.8. The maximum Gasteiger partial charge on any atom is 0.112 e. The quantitative estimate of drug-likeness (QED) is 0.0343. The van der Waals surface area contributed by atoms with Gasteiger partial charge in [0.2, 0.25) is 0 Å². The Morgan fingerprint density at radius 1 is 0.612 bits per heavy atom. The van der Waals surface area contributed by atoms with Gasteiger partial charge in [-0.25, -0.2) is 0 Å². The average molecular weight is 677 g/mol. The number of unbranched alkanes of at least 4 members (excludes halogenated alkanes) is 6. The monoisotopic (exact) mass is 676 g/mol. The summed E-state index contributed by atoms with van der Waals surface area (Å²) in [5, 5.41) is 8.48.